The Hall–Kier alpha value is -3.98. The summed E-state index contributed by atoms with van der Waals surface area (Å²) in [5, 5.41) is 10.7. The average molecular weight is 612 g/mol. The van der Waals surface area contributed by atoms with Gasteiger partial charge in [0, 0.05) is 56.1 Å². The summed E-state index contributed by atoms with van der Waals surface area (Å²) in [6, 6.07) is 27.3. The first kappa shape index (κ1) is 31.4. The van der Waals surface area contributed by atoms with Crippen molar-refractivity contribution in [2.45, 2.75) is 52.4 Å². The van der Waals surface area contributed by atoms with Gasteiger partial charge in [0.1, 0.15) is 12.2 Å². The second-order valence-electron chi connectivity index (χ2n) is 11.8. The molecule has 2 aromatic heterocycles. The topological polar surface area (TPSA) is 73.6 Å². The highest BCUT2D eigenvalue weighted by molar-refractivity contribution is 5.88. The lowest BCUT2D eigenvalue weighted by Gasteiger charge is -2.48. The second kappa shape index (κ2) is 13.3. The van der Waals surface area contributed by atoms with Crippen LogP contribution in [0.3, 0.4) is 0 Å². The number of imidazole rings is 1. The minimum absolute atomic E-state index is 0. The SMILES string of the molecule is Cc1cccc(N2CCN(C(CC(C)O)N(C)c3ncnc4c3nc(-c3ccccc3)n4-c3ccccc3)[C@@H](C)C2)c1C.Cl. The van der Waals surface area contributed by atoms with Crippen LogP contribution in [0.25, 0.3) is 28.2 Å². The first-order valence-corrected chi connectivity index (χ1v) is 15.2. The number of hydrogen-bond donors (Lipinski definition) is 1. The summed E-state index contributed by atoms with van der Waals surface area (Å²) in [5.74, 6) is 1.58. The van der Waals surface area contributed by atoms with Gasteiger partial charge in [0.2, 0.25) is 0 Å². The van der Waals surface area contributed by atoms with E-state index in [2.05, 4.69) is 89.6 Å². The normalized spacial score (nSPS) is 16.9. The molecule has 0 saturated carbocycles. The largest absolute Gasteiger partial charge is 0.393 e. The predicted molar refractivity (Wildman–Crippen MR) is 182 cm³/mol. The van der Waals surface area contributed by atoms with Crippen molar-refractivity contribution in [2.75, 3.05) is 36.5 Å². The van der Waals surface area contributed by atoms with Crippen molar-refractivity contribution >= 4 is 35.1 Å². The Morgan fingerprint density at radius 2 is 1.64 bits per heavy atom. The lowest BCUT2D eigenvalue weighted by Crippen LogP contribution is -2.60. The monoisotopic (exact) mass is 611 g/mol. The molecule has 230 valence electrons. The molecule has 9 heteroatoms. The smallest absolute Gasteiger partial charge is 0.170 e. The van der Waals surface area contributed by atoms with Gasteiger partial charge in [-0.25, -0.2) is 15.0 Å². The molecule has 1 aliphatic heterocycles. The van der Waals surface area contributed by atoms with Crippen molar-refractivity contribution < 1.29 is 5.11 Å². The highest BCUT2D eigenvalue weighted by Gasteiger charge is 2.34. The van der Waals surface area contributed by atoms with Crippen molar-refractivity contribution in [1.82, 2.24) is 24.4 Å². The fourth-order valence-electron chi connectivity index (χ4n) is 6.41. The van der Waals surface area contributed by atoms with Gasteiger partial charge in [-0.2, -0.15) is 0 Å². The van der Waals surface area contributed by atoms with Gasteiger partial charge in [-0.3, -0.25) is 9.47 Å². The van der Waals surface area contributed by atoms with Crippen molar-refractivity contribution in [3.05, 3.63) is 96.3 Å². The van der Waals surface area contributed by atoms with Gasteiger partial charge in [-0.15, -0.1) is 12.4 Å². The molecule has 0 amide bonds. The van der Waals surface area contributed by atoms with E-state index < -0.39 is 6.10 Å². The van der Waals surface area contributed by atoms with Crippen LogP contribution in [0.1, 0.15) is 31.4 Å². The van der Waals surface area contributed by atoms with Crippen LogP contribution in [0.4, 0.5) is 11.5 Å². The van der Waals surface area contributed by atoms with E-state index in [1.165, 1.54) is 16.8 Å². The zero-order valence-corrected chi connectivity index (χ0v) is 26.9. The van der Waals surface area contributed by atoms with E-state index >= 15 is 0 Å². The van der Waals surface area contributed by atoms with Crippen molar-refractivity contribution in [3.8, 4) is 17.1 Å². The van der Waals surface area contributed by atoms with Gasteiger partial charge in [0.15, 0.2) is 17.0 Å². The number of nitrogens with zero attached hydrogens (tertiary/aromatic N) is 7. The molecule has 1 aliphatic rings. The molecule has 0 spiro atoms. The van der Waals surface area contributed by atoms with Crippen LogP contribution in [-0.2, 0) is 0 Å². The summed E-state index contributed by atoms with van der Waals surface area (Å²) in [6.07, 6.45) is 1.67. The van der Waals surface area contributed by atoms with E-state index in [9.17, 15) is 5.11 Å². The van der Waals surface area contributed by atoms with Crippen molar-refractivity contribution in [3.63, 3.8) is 0 Å². The van der Waals surface area contributed by atoms with E-state index in [-0.39, 0.29) is 24.6 Å². The van der Waals surface area contributed by atoms with Crippen molar-refractivity contribution in [2.24, 2.45) is 0 Å². The Balaban J connectivity index is 0.00000384. The number of aliphatic hydroxyl groups excluding tert-OH is 1. The van der Waals surface area contributed by atoms with Crippen LogP contribution in [0.5, 0.6) is 0 Å². The molecule has 8 nitrogen and oxygen atoms in total. The molecule has 1 saturated heterocycles. The Morgan fingerprint density at radius 3 is 2.32 bits per heavy atom. The number of aromatic nitrogens is 4. The lowest BCUT2D eigenvalue weighted by molar-refractivity contribution is 0.0789. The molecule has 0 aliphatic carbocycles. The molecule has 6 rings (SSSR count). The summed E-state index contributed by atoms with van der Waals surface area (Å²) in [6.45, 7) is 11.2. The summed E-state index contributed by atoms with van der Waals surface area (Å²) >= 11 is 0. The van der Waals surface area contributed by atoms with E-state index in [0.717, 1.165) is 53.7 Å². The first-order valence-electron chi connectivity index (χ1n) is 15.2. The fourth-order valence-corrected chi connectivity index (χ4v) is 6.41. The zero-order valence-electron chi connectivity index (χ0n) is 26.1. The van der Waals surface area contributed by atoms with E-state index in [0.29, 0.717) is 6.42 Å². The summed E-state index contributed by atoms with van der Waals surface area (Å²) in [7, 11) is 2.07. The van der Waals surface area contributed by atoms with E-state index in [4.69, 9.17) is 15.0 Å². The van der Waals surface area contributed by atoms with Crippen LogP contribution in [0.15, 0.2) is 85.2 Å². The molecular weight excluding hydrogens is 570 g/mol. The first-order chi connectivity index (χ1) is 20.8. The Bertz CT molecular complexity index is 1690. The van der Waals surface area contributed by atoms with Crippen LogP contribution in [-0.4, -0.2) is 74.5 Å². The molecule has 3 aromatic carbocycles. The van der Waals surface area contributed by atoms with Gasteiger partial charge in [-0.05, 0) is 57.0 Å². The zero-order chi connectivity index (χ0) is 30.1. The maximum Gasteiger partial charge on any atom is 0.170 e. The summed E-state index contributed by atoms with van der Waals surface area (Å²) in [4.78, 5) is 21.9. The highest BCUT2D eigenvalue weighted by Crippen LogP contribution is 2.33. The van der Waals surface area contributed by atoms with Crippen LogP contribution in [0, 0.1) is 13.8 Å². The third-order valence-corrected chi connectivity index (χ3v) is 8.78. The molecule has 0 bridgehead atoms. The number of aryl methyl sites for hydroxylation is 1. The molecule has 1 fully saturated rings. The molecule has 2 unspecified atom stereocenters. The molecule has 5 aromatic rings. The van der Waals surface area contributed by atoms with Gasteiger partial charge in [-0.1, -0.05) is 60.7 Å². The number of piperazine rings is 1. The molecule has 44 heavy (non-hydrogen) atoms. The molecule has 1 N–H and O–H groups in total. The molecule has 3 heterocycles. The Morgan fingerprint density at radius 1 is 0.932 bits per heavy atom. The average Bonchev–Trinajstić information content (AvgIpc) is 3.42. The number of rotatable bonds is 8. The van der Waals surface area contributed by atoms with Gasteiger partial charge in [0.05, 0.1) is 12.3 Å². The van der Waals surface area contributed by atoms with Gasteiger partial charge in [0.25, 0.3) is 0 Å². The van der Waals surface area contributed by atoms with Gasteiger partial charge >= 0.3 is 0 Å². The Kier molecular flexibility index (Phi) is 9.53. The third kappa shape index (κ3) is 6.02. The highest BCUT2D eigenvalue weighted by atomic mass is 35.5. The standard InChI is InChI=1S/C35H41N7O.ClH/c1-24-13-12-18-30(27(24)4)40-19-20-41(25(2)22-40)31(21-26(3)43)39(5)34-32-35(37-23-36-34)42(29-16-10-7-11-17-29)33(38-32)28-14-8-6-9-15-28;/h6-18,23,25-26,31,43H,19-22H2,1-5H3;1H/t25-,26?,31?;/m0./s1. The number of aliphatic hydroxyl groups is 1. The second-order valence-corrected chi connectivity index (χ2v) is 11.8. The van der Waals surface area contributed by atoms with Crippen LogP contribution >= 0.6 is 12.4 Å². The minimum atomic E-state index is -0.476. The maximum atomic E-state index is 10.7. The molecular formula is C35H42ClN7O. The molecule has 0 radical (unpaired) electrons. The molecule has 3 atom stereocenters. The predicted octanol–water partition coefficient (Wildman–Crippen LogP) is 6.27. The number of para-hydroxylation sites is 1. The summed E-state index contributed by atoms with van der Waals surface area (Å²) in [5.41, 5.74) is 7.46. The number of hydrogen-bond acceptors (Lipinski definition) is 7. The number of fused-ring (bicyclic) bond motifs is 1. The van der Waals surface area contributed by atoms with Crippen LogP contribution < -0.4 is 9.80 Å². The quantitative estimate of drug-likeness (QED) is 0.222. The fraction of sp³-hybridized carbons (Fsp3) is 0.343. The van der Waals surface area contributed by atoms with Crippen LogP contribution in [0.2, 0.25) is 0 Å². The number of halogens is 1. The maximum absolute atomic E-state index is 10.7. The number of anilines is 2. The van der Waals surface area contributed by atoms with Gasteiger partial charge < -0.3 is 14.9 Å². The third-order valence-electron chi connectivity index (χ3n) is 8.78. The van der Waals surface area contributed by atoms with Crippen molar-refractivity contribution in [1.29, 1.82) is 0 Å². The van der Waals surface area contributed by atoms with E-state index in [1.54, 1.807) is 6.33 Å². The van der Waals surface area contributed by atoms with E-state index in [1.807, 2.05) is 43.3 Å². The number of benzene rings is 3. The lowest BCUT2D eigenvalue weighted by atomic mass is 10.0. The minimum Gasteiger partial charge on any atom is -0.393 e. The summed E-state index contributed by atoms with van der Waals surface area (Å²) < 4.78 is 2.11. The Labute approximate surface area is 266 Å².